The van der Waals surface area contributed by atoms with Gasteiger partial charge < -0.3 is 10.2 Å². The molecule has 0 amide bonds. The number of ketones is 1. The third-order valence-corrected chi connectivity index (χ3v) is 12.1. The minimum atomic E-state index is -0.812. The number of aliphatic hydroxyl groups is 2. The number of carbonyl (C=O) groups excluding carboxylic acids is 1. The zero-order chi connectivity index (χ0) is 22.6. The van der Waals surface area contributed by atoms with Crippen molar-refractivity contribution in [2.75, 3.05) is 13.1 Å². The summed E-state index contributed by atoms with van der Waals surface area (Å²) in [6.07, 6.45) is 8.19. The first-order valence-corrected chi connectivity index (χ1v) is 13.6. The third kappa shape index (κ3) is 2.86. The summed E-state index contributed by atoms with van der Waals surface area (Å²) in [7, 11) is 0. The van der Waals surface area contributed by atoms with Crippen LogP contribution in [0.4, 0.5) is 0 Å². The molecule has 0 bridgehead atoms. The average molecular weight is 447 g/mol. The first-order chi connectivity index (χ1) is 15.0. The smallest absolute Gasteiger partial charge is 0.148 e. The van der Waals surface area contributed by atoms with Gasteiger partial charge in [-0.2, -0.15) is 4.65 Å². The fourth-order valence-corrected chi connectivity index (χ4v) is 10.8. The Morgan fingerprint density at radius 1 is 0.906 bits per heavy atom. The summed E-state index contributed by atoms with van der Waals surface area (Å²) in [4.78, 5) is 13.3. The molecule has 1 unspecified atom stereocenters. The van der Waals surface area contributed by atoms with Gasteiger partial charge >= 0.3 is 0 Å². The van der Waals surface area contributed by atoms with Gasteiger partial charge in [-0.1, -0.05) is 13.8 Å². The normalized spacial score (nSPS) is 61.8. The number of nitrogens with zero attached hydrogens (tertiary/aromatic N) is 1. The molecule has 0 aromatic rings. The van der Waals surface area contributed by atoms with Gasteiger partial charge in [0.2, 0.25) is 0 Å². The van der Waals surface area contributed by atoms with E-state index >= 15 is 0 Å². The second-order valence-corrected chi connectivity index (χ2v) is 13.6. The van der Waals surface area contributed by atoms with Crippen molar-refractivity contribution in [3.8, 4) is 0 Å². The molecule has 6 fully saturated rings. The summed E-state index contributed by atoms with van der Waals surface area (Å²) in [5.74, 6) is 3.67. The minimum Gasteiger partial charge on any atom is -0.393 e. The Hall–Kier alpha value is -0.490. The van der Waals surface area contributed by atoms with Crippen LogP contribution in [0.5, 0.6) is 0 Å². The molecule has 3 N–H and O–H groups in total. The van der Waals surface area contributed by atoms with Crippen LogP contribution in [0.25, 0.3) is 0 Å². The molecule has 6 rings (SSSR count). The maximum atomic E-state index is 13.3. The molecule has 2 heterocycles. The number of carbonyl (C=O) groups is 1. The van der Waals surface area contributed by atoms with Gasteiger partial charge in [-0.05, 0) is 81.0 Å². The maximum Gasteiger partial charge on any atom is 0.148 e. The van der Waals surface area contributed by atoms with Gasteiger partial charge in [-0.25, -0.2) is 5.21 Å². The van der Waals surface area contributed by atoms with E-state index in [4.69, 9.17) is 0 Å². The summed E-state index contributed by atoms with van der Waals surface area (Å²) >= 11 is 0. The number of hydroxylamine groups is 3. The summed E-state index contributed by atoms with van der Waals surface area (Å²) in [6, 6.07) is -0.0523. The lowest BCUT2D eigenvalue weighted by Crippen LogP contribution is -2.74. The van der Waals surface area contributed by atoms with Crippen LogP contribution in [0.15, 0.2) is 0 Å². The molecule has 5 heteroatoms. The Morgan fingerprint density at radius 3 is 2.47 bits per heavy atom. The molecule has 0 aromatic carbocycles. The first-order valence-electron chi connectivity index (χ1n) is 13.6. The van der Waals surface area contributed by atoms with E-state index in [2.05, 4.69) is 13.8 Å². The largest absolute Gasteiger partial charge is 0.393 e. The Balaban J connectivity index is 1.33. The summed E-state index contributed by atoms with van der Waals surface area (Å²) < 4.78 is 0.0684. The van der Waals surface area contributed by atoms with Crippen LogP contribution in [0, 0.1) is 52.8 Å². The van der Waals surface area contributed by atoms with Crippen LogP contribution >= 0.6 is 0 Å². The van der Waals surface area contributed by atoms with Crippen molar-refractivity contribution in [1.82, 2.24) is 0 Å². The van der Waals surface area contributed by atoms with Gasteiger partial charge in [0.15, 0.2) is 0 Å². The third-order valence-electron chi connectivity index (χ3n) is 12.1. The van der Waals surface area contributed by atoms with Crippen molar-refractivity contribution in [3.63, 3.8) is 0 Å². The first kappa shape index (κ1) is 22.0. The van der Waals surface area contributed by atoms with Gasteiger partial charge in [0.05, 0.1) is 6.10 Å². The number of hydrogen-bond donors (Lipinski definition) is 3. The molecule has 0 spiro atoms. The summed E-state index contributed by atoms with van der Waals surface area (Å²) in [5.41, 5.74) is -0.787. The Bertz CT molecular complexity index is 794. The molecule has 2 saturated heterocycles. The topological polar surface area (TPSA) is 77.8 Å². The van der Waals surface area contributed by atoms with Crippen molar-refractivity contribution < 1.29 is 24.9 Å². The Morgan fingerprint density at radius 2 is 1.69 bits per heavy atom. The fraction of sp³-hybridized carbons (Fsp3) is 0.963. The molecule has 4 saturated carbocycles. The van der Waals surface area contributed by atoms with Crippen LogP contribution in [0.2, 0.25) is 0 Å². The molecule has 180 valence electrons. The lowest BCUT2D eigenvalue weighted by molar-refractivity contribution is -1.14. The van der Waals surface area contributed by atoms with Crippen LogP contribution in [-0.2, 0) is 4.79 Å². The van der Waals surface area contributed by atoms with E-state index in [-0.39, 0.29) is 34.0 Å². The molecule has 0 aromatic heterocycles. The van der Waals surface area contributed by atoms with E-state index in [1.165, 1.54) is 0 Å². The molecular formula is C27H44NO4+. The number of rotatable bonds is 0. The highest BCUT2D eigenvalue weighted by atomic mass is 16.6. The number of piperidine rings is 2. The van der Waals surface area contributed by atoms with Crippen molar-refractivity contribution in [3.05, 3.63) is 0 Å². The number of aliphatic hydroxyl groups excluding tert-OH is 1. The Kier molecular flexibility index (Phi) is 4.83. The lowest BCUT2D eigenvalue weighted by atomic mass is 9.51. The highest BCUT2D eigenvalue weighted by Gasteiger charge is 2.68. The number of hydrogen-bond acceptors (Lipinski definition) is 4. The molecule has 32 heavy (non-hydrogen) atoms. The SMILES string of the molecule is C[C@@H]1CC[C@H]2[C@](C)(O)[C@@H]3CC[C@@H]4[C@@H](C[C@H]5[C@@H]4CC(=O)[C@H]4C[C@@H](O)CC[C@@]45C)[C@@H]3C[N+]2(O)C1. The van der Waals surface area contributed by atoms with Crippen LogP contribution in [-0.4, -0.2) is 56.7 Å². The molecule has 13 atom stereocenters. The van der Waals surface area contributed by atoms with Gasteiger partial charge in [0, 0.05) is 36.5 Å². The van der Waals surface area contributed by atoms with Crippen molar-refractivity contribution >= 4 is 5.78 Å². The molecule has 2 aliphatic heterocycles. The molecular weight excluding hydrogens is 402 g/mol. The highest BCUT2D eigenvalue weighted by molar-refractivity contribution is 5.83. The maximum absolute atomic E-state index is 13.3. The number of Topliss-reactive ketones (excluding diaryl/α,β-unsaturated/α-hetero) is 1. The molecule has 6 aliphatic rings. The zero-order valence-electron chi connectivity index (χ0n) is 20.2. The summed E-state index contributed by atoms with van der Waals surface area (Å²) in [5, 5.41) is 34.0. The van der Waals surface area contributed by atoms with Crippen LogP contribution in [0.1, 0.15) is 78.6 Å². The van der Waals surface area contributed by atoms with E-state index in [1.54, 1.807) is 0 Å². The van der Waals surface area contributed by atoms with Gasteiger partial charge in [-0.3, -0.25) is 4.79 Å². The van der Waals surface area contributed by atoms with Crippen LogP contribution < -0.4 is 0 Å². The standard InChI is InChI=1S/C27H44NO4/c1-15-4-7-25-27(3,31)21-6-5-17-18(20(21)14-28(25,32)13-15)11-22-19(17)12-24(30)23-10-16(29)8-9-26(22,23)2/h15-23,25,29,31-32H,4-14H2,1-3H3/q+1/t15-,16+,17-,18-,19-,20+,21-,22+,23-,25+,26-,27-,28?/m1/s1. The molecule has 0 radical (unpaired) electrons. The predicted octanol–water partition coefficient (Wildman–Crippen LogP) is 3.79. The van der Waals surface area contributed by atoms with Gasteiger partial charge in [-0.15, -0.1) is 0 Å². The van der Waals surface area contributed by atoms with Crippen molar-refractivity contribution in [1.29, 1.82) is 0 Å². The Labute approximate surface area is 193 Å². The average Bonchev–Trinajstić information content (AvgIpc) is 3.08. The van der Waals surface area contributed by atoms with E-state index in [9.17, 15) is 20.2 Å². The summed E-state index contributed by atoms with van der Waals surface area (Å²) in [6.45, 7) is 8.19. The van der Waals surface area contributed by atoms with Crippen LogP contribution in [0.3, 0.4) is 0 Å². The predicted molar refractivity (Wildman–Crippen MR) is 120 cm³/mol. The fourth-order valence-electron chi connectivity index (χ4n) is 10.8. The van der Waals surface area contributed by atoms with E-state index in [0.717, 1.165) is 58.0 Å². The quantitative estimate of drug-likeness (QED) is 0.495. The monoisotopic (exact) mass is 446 g/mol. The second-order valence-electron chi connectivity index (χ2n) is 13.6. The highest BCUT2D eigenvalue weighted by Crippen LogP contribution is 2.67. The van der Waals surface area contributed by atoms with E-state index in [0.29, 0.717) is 54.1 Å². The zero-order valence-corrected chi connectivity index (χ0v) is 20.2. The van der Waals surface area contributed by atoms with E-state index in [1.807, 2.05) is 6.92 Å². The lowest BCUT2D eigenvalue weighted by Gasteiger charge is -2.60. The molecule has 4 aliphatic carbocycles. The van der Waals surface area contributed by atoms with Gasteiger partial charge in [0.1, 0.15) is 30.5 Å². The minimum absolute atomic E-state index is 0.0247. The second kappa shape index (κ2) is 7.02. The van der Waals surface area contributed by atoms with Crippen molar-refractivity contribution in [2.45, 2.75) is 96.3 Å². The number of fused-ring (bicyclic) bond motifs is 8. The van der Waals surface area contributed by atoms with Gasteiger partial charge in [0.25, 0.3) is 0 Å². The molecule has 5 nitrogen and oxygen atoms in total. The van der Waals surface area contributed by atoms with Crippen molar-refractivity contribution in [2.24, 2.45) is 52.8 Å². The number of quaternary nitrogens is 1. The van der Waals surface area contributed by atoms with E-state index < -0.39 is 5.60 Å².